The van der Waals surface area contributed by atoms with Crippen molar-refractivity contribution in [3.8, 4) is 0 Å². The molecule has 0 aromatic heterocycles. The SMILES string of the molecule is CC1=[C-]CC=C1.CC1=[C-]CC=C1.[Br-].[Br-].[Ti+4]. The van der Waals surface area contributed by atoms with Gasteiger partial charge in [-0.05, 0) is 0 Å². The first kappa shape index (κ1) is 21.0. The molecule has 0 amide bonds. The van der Waals surface area contributed by atoms with Crippen LogP contribution >= 0.6 is 0 Å². The molecule has 3 heteroatoms. The van der Waals surface area contributed by atoms with Gasteiger partial charge in [0.25, 0.3) is 0 Å². The van der Waals surface area contributed by atoms with Crippen molar-refractivity contribution in [2.45, 2.75) is 26.7 Å². The summed E-state index contributed by atoms with van der Waals surface area (Å²) in [5.41, 5.74) is 2.55. The largest absolute Gasteiger partial charge is 4.00 e. The second kappa shape index (κ2) is 12.7. The predicted molar refractivity (Wildman–Crippen MR) is 52.4 cm³/mol. The molecule has 0 heterocycles. The van der Waals surface area contributed by atoms with E-state index in [1.807, 2.05) is 0 Å². The van der Waals surface area contributed by atoms with E-state index in [0.29, 0.717) is 0 Å². The second-order valence-corrected chi connectivity index (χ2v) is 2.93. The first-order valence-electron chi connectivity index (χ1n) is 4.27. The van der Waals surface area contributed by atoms with Crippen molar-refractivity contribution in [1.82, 2.24) is 0 Å². The van der Waals surface area contributed by atoms with Crippen LogP contribution in [0.4, 0.5) is 0 Å². The van der Waals surface area contributed by atoms with E-state index in [1.165, 1.54) is 11.1 Å². The minimum atomic E-state index is 0. The summed E-state index contributed by atoms with van der Waals surface area (Å²) in [7, 11) is 0. The van der Waals surface area contributed by atoms with Crippen LogP contribution in [0.2, 0.25) is 0 Å². The first-order chi connectivity index (χ1) is 5.79. The van der Waals surface area contributed by atoms with Gasteiger partial charge < -0.3 is 34.0 Å². The third kappa shape index (κ3) is 10.9. The Hall–Kier alpha value is 0.634. The zero-order valence-electron chi connectivity index (χ0n) is 8.98. The van der Waals surface area contributed by atoms with Gasteiger partial charge in [-0.15, -0.1) is 12.8 Å². The second-order valence-electron chi connectivity index (χ2n) is 2.93. The molecule has 0 bridgehead atoms. The molecule has 2 rings (SSSR count). The molecular formula is C12H14Br2Ti. The Morgan fingerprint density at radius 3 is 1.27 bits per heavy atom. The van der Waals surface area contributed by atoms with Crippen LogP contribution in [0.15, 0.2) is 35.5 Å². The Balaban J connectivity index is -0.000000160. The fourth-order valence-corrected chi connectivity index (χ4v) is 1.03. The van der Waals surface area contributed by atoms with Crippen molar-refractivity contribution in [3.05, 3.63) is 47.6 Å². The summed E-state index contributed by atoms with van der Waals surface area (Å²) in [5.74, 6) is 0. The van der Waals surface area contributed by atoms with Crippen LogP contribution in [-0.2, 0) is 21.7 Å². The molecule has 0 saturated heterocycles. The molecule has 0 radical (unpaired) electrons. The standard InChI is InChI=1S/2C6H7.2BrH.Ti/c2*1-6-4-2-3-5-6;;;/h2*2,4H,3H2,1H3;2*1H;/q2*-1;;;+4/p-2. The maximum atomic E-state index is 3.12. The van der Waals surface area contributed by atoms with Crippen LogP contribution in [0, 0.1) is 12.2 Å². The van der Waals surface area contributed by atoms with E-state index in [0.717, 1.165) is 12.8 Å². The van der Waals surface area contributed by atoms with Gasteiger partial charge in [-0.3, -0.25) is 12.2 Å². The predicted octanol–water partition coefficient (Wildman–Crippen LogP) is -2.60. The van der Waals surface area contributed by atoms with E-state index in [2.05, 4.69) is 50.3 Å². The van der Waals surface area contributed by atoms with Crippen molar-refractivity contribution in [2.75, 3.05) is 0 Å². The topological polar surface area (TPSA) is 0 Å². The van der Waals surface area contributed by atoms with Crippen molar-refractivity contribution >= 4 is 0 Å². The molecule has 2 aliphatic carbocycles. The Labute approximate surface area is 129 Å². The molecule has 80 valence electrons. The molecule has 0 fully saturated rings. The molecule has 0 aromatic carbocycles. The average molecular weight is 366 g/mol. The third-order valence-corrected chi connectivity index (χ3v) is 1.73. The van der Waals surface area contributed by atoms with Crippen LogP contribution < -0.4 is 34.0 Å². The number of hydrogen-bond acceptors (Lipinski definition) is 0. The fraction of sp³-hybridized carbons (Fsp3) is 0.333. The molecule has 2 aliphatic rings. The smallest absolute Gasteiger partial charge is 1.00 e. The average Bonchev–Trinajstić information content (AvgIpc) is 2.63. The Kier molecular flexibility index (Phi) is 17.8. The Bertz CT molecular complexity index is 229. The van der Waals surface area contributed by atoms with Gasteiger partial charge in [0.05, 0.1) is 0 Å². The van der Waals surface area contributed by atoms with Crippen LogP contribution in [0.5, 0.6) is 0 Å². The summed E-state index contributed by atoms with van der Waals surface area (Å²) in [5, 5.41) is 0. The van der Waals surface area contributed by atoms with Gasteiger partial charge in [0.2, 0.25) is 0 Å². The summed E-state index contributed by atoms with van der Waals surface area (Å²) in [6, 6.07) is 0. The maximum Gasteiger partial charge on any atom is 4.00 e. The van der Waals surface area contributed by atoms with Crippen molar-refractivity contribution in [3.63, 3.8) is 0 Å². The number of allylic oxidation sites excluding steroid dienone is 8. The molecule has 0 N–H and O–H groups in total. The van der Waals surface area contributed by atoms with Crippen molar-refractivity contribution < 1.29 is 55.7 Å². The molecular weight excluding hydrogens is 352 g/mol. The van der Waals surface area contributed by atoms with Crippen LogP contribution in [-0.4, -0.2) is 0 Å². The van der Waals surface area contributed by atoms with E-state index in [9.17, 15) is 0 Å². The van der Waals surface area contributed by atoms with E-state index < -0.39 is 0 Å². The van der Waals surface area contributed by atoms with Crippen molar-refractivity contribution in [2.24, 2.45) is 0 Å². The van der Waals surface area contributed by atoms with Gasteiger partial charge in [-0.1, -0.05) is 13.8 Å². The quantitative estimate of drug-likeness (QED) is 0.326. The molecule has 0 nitrogen and oxygen atoms in total. The van der Waals surface area contributed by atoms with Crippen LogP contribution in [0.3, 0.4) is 0 Å². The van der Waals surface area contributed by atoms with E-state index in [1.54, 1.807) is 0 Å². The normalized spacial score (nSPS) is 14.8. The minimum Gasteiger partial charge on any atom is -1.00 e. The molecule has 15 heavy (non-hydrogen) atoms. The minimum absolute atomic E-state index is 0. The van der Waals surface area contributed by atoms with Gasteiger partial charge in [0, 0.05) is 0 Å². The fourth-order valence-electron chi connectivity index (χ4n) is 1.03. The summed E-state index contributed by atoms with van der Waals surface area (Å²) in [6.07, 6.45) is 16.7. The zero-order valence-corrected chi connectivity index (χ0v) is 13.7. The molecule has 0 atom stereocenters. The summed E-state index contributed by atoms with van der Waals surface area (Å²) in [6.45, 7) is 4.12. The van der Waals surface area contributed by atoms with Gasteiger partial charge >= 0.3 is 21.7 Å². The van der Waals surface area contributed by atoms with Gasteiger partial charge in [-0.25, -0.2) is 23.3 Å². The number of halogens is 2. The third-order valence-electron chi connectivity index (χ3n) is 1.73. The van der Waals surface area contributed by atoms with E-state index in [-0.39, 0.29) is 55.7 Å². The van der Waals surface area contributed by atoms with E-state index in [4.69, 9.17) is 0 Å². The Morgan fingerprint density at radius 2 is 1.20 bits per heavy atom. The zero-order chi connectivity index (χ0) is 8.81. The molecule has 0 aliphatic heterocycles. The monoisotopic (exact) mass is 364 g/mol. The number of rotatable bonds is 0. The molecule has 0 spiro atoms. The molecule has 0 unspecified atom stereocenters. The van der Waals surface area contributed by atoms with Gasteiger partial charge in [0.1, 0.15) is 0 Å². The first-order valence-corrected chi connectivity index (χ1v) is 4.27. The number of hydrogen-bond donors (Lipinski definition) is 0. The molecule has 0 saturated carbocycles. The summed E-state index contributed by atoms with van der Waals surface area (Å²) >= 11 is 0. The Morgan fingerprint density at radius 1 is 0.867 bits per heavy atom. The van der Waals surface area contributed by atoms with Gasteiger partial charge in [0.15, 0.2) is 0 Å². The van der Waals surface area contributed by atoms with Gasteiger partial charge in [-0.2, -0.15) is 12.2 Å². The maximum absolute atomic E-state index is 3.12. The van der Waals surface area contributed by atoms with Crippen LogP contribution in [0.25, 0.3) is 0 Å². The molecule has 0 aromatic rings. The van der Waals surface area contributed by atoms with E-state index >= 15 is 0 Å². The van der Waals surface area contributed by atoms with Crippen LogP contribution in [0.1, 0.15) is 26.7 Å². The summed E-state index contributed by atoms with van der Waals surface area (Å²) < 4.78 is 0. The summed E-state index contributed by atoms with van der Waals surface area (Å²) in [4.78, 5) is 0. The van der Waals surface area contributed by atoms with Crippen molar-refractivity contribution in [1.29, 1.82) is 0 Å².